The molecule has 0 spiro atoms. The van der Waals surface area contributed by atoms with Crippen LogP contribution < -0.4 is 0 Å². The van der Waals surface area contributed by atoms with Crippen LogP contribution in [-0.2, 0) is 28.6 Å². The lowest BCUT2D eigenvalue weighted by atomic mass is 10.0. The molecule has 0 fully saturated rings. The van der Waals surface area contributed by atoms with E-state index in [4.69, 9.17) is 14.2 Å². The van der Waals surface area contributed by atoms with Crippen molar-refractivity contribution >= 4 is 17.9 Å². The van der Waals surface area contributed by atoms with E-state index in [1.54, 1.807) is 0 Å². The second-order valence-corrected chi connectivity index (χ2v) is 20.3. The van der Waals surface area contributed by atoms with Gasteiger partial charge in [-0.05, 0) is 89.9 Å². The summed E-state index contributed by atoms with van der Waals surface area (Å²) in [4.78, 5) is 38.1. The predicted octanol–water partition coefficient (Wildman–Crippen LogP) is 20.4. The van der Waals surface area contributed by atoms with Crippen molar-refractivity contribution in [1.29, 1.82) is 0 Å². The summed E-state index contributed by atoms with van der Waals surface area (Å²) in [5.74, 6) is -0.883. The summed E-state index contributed by atoms with van der Waals surface area (Å²) in [5.41, 5.74) is 0. The fourth-order valence-corrected chi connectivity index (χ4v) is 8.66. The van der Waals surface area contributed by atoms with Crippen molar-refractivity contribution in [3.63, 3.8) is 0 Å². The summed E-state index contributed by atoms with van der Waals surface area (Å²) in [5, 5.41) is 0. The van der Waals surface area contributed by atoms with Gasteiger partial charge in [0.05, 0.1) is 0 Å². The SMILES string of the molecule is CCCCC/C=C\C/C=C\C/C=C\CCCCCCCCC(=O)OC(COC(=O)CCCCCCCCCC)COC(=O)CCCCCCCCCCCCCCC/C=C\C/C=C\CCCCCCC. The molecule has 406 valence electrons. The molecule has 0 saturated carbocycles. The fraction of sp³-hybridized carbons (Fsp3) is 0.797. The maximum Gasteiger partial charge on any atom is 0.306 e. The van der Waals surface area contributed by atoms with E-state index in [1.165, 1.54) is 180 Å². The molecule has 6 nitrogen and oxygen atoms in total. The Balaban J connectivity index is 4.19. The van der Waals surface area contributed by atoms with Gasteiger partial charge in [-0.25, -0.2) is 0 Å². The molecular weight excluding hydrogens is 865 g/mol. The second-order valence-electron chi connectivity index (χ2n) is 20.3. The van der Waals surface area contributed by atoms with E-state index in [0.717, 1.165) is 89.9 Å². The highest BCUT2D eigenvalue weighted by atomic mass is 16.6. The number of rotatable bonds is 55. The third-order valence-corrected chi connectivity index (χ3v) is 13.2. The van der Waals surface area contributed by atoms with Gasteiger partial charge in [0.1, 0.15) is 13.2 Å². The molecular formula is C64H114O6. The molecule has 1 atom stereocenters. The lowest BCUT2D eigenvalue weighted by molar-refractivity contribution is -0.167. The number of carbonyl (C=O) groups is 3. The Morgan fingerprint density at radius 2 is 0.514 bits per heavy atom. The van der Waals surface area contributed by atoms with Crippen LogP contribution in [0.3, 0.4) is 0 Å². The Morgan fingerprint density at radius 1 is 0.286 bits per heavy atom. The van der Waals surface area contributed by atoms with Gasteiger partial charge in [0.25, 0.3) is 0 Å². The molecule has 0 aromatic heterocycles. The van der Waals surface area contributed by atoms with E-state index in [-0.39, 0.29) is 31.1 Å². The van der Waals surface area contributed by atoms with Gasteiger partial charge in [0.2, 0.25) is 0 Å². The van der Waals surface area contributed by atoms with Gasteiger partial charge < -0.3 is 14.2 Å². The van der Waals surface area contributed by atoms with E-state index in [2.05, 4.69) is 81.5 Å². The van der Waals surface area contributed by atoms with Crippen LogP contribution in [-0.4, -0.2) is 37.2 Å². The maximum absolute atomic E-state index is 12.8. The van der Waals surface area contributed by atoms with Crippen molar-refractivity contribution in [1.82, 2.24) is 0 Å². The quantitative estimate of drug-likeness (QED) is 0.0261. The topological polar surface area (TPSA) is 78.9 Å². The molecule has 0 saturated heterocycles. The molecule has 0 aliphatic heterocycles. The van der Waals surface area contributed by atoms with Crippen molar-refractivity contribution in [3.8, 4) is 0 Å². The van der Waals surface area contributed by atoms with Gasteiger partial charge in [-0.1, -0.05) is 261 Å². The van der Waals surface area contributed by atoms with Crippen molar-refractivity contribution in [2.75, 3.05) is 13.2 Å². The van der Waals surface area contributed by atoms with Crippen LogP contribution in [0, 0.1) is 0 Å². The highest BCUT2D eigenvalue weighted by molar-refractivity contribution is 5.71. The number of hydrogen-bond donors (Lipinski definition) is 0. The minimum absolute atomic E-state index is 0.0776. The number of allylic oxidation sites excluding steroid dienone is 10. The molecule has 0 bridgehead atoms. The van der Waals surface area contributed by atoms with Crippen LogP contribution in [0.4, 0.5) is 0 Å². The Kier molecular flexibility index (Phi) is 56.3. The predicted molar refractivity (Wildman–Crippen MR) is 302 cm³/mol. The summed E-state index contributed by atoms with van der Waals surface area (Å²) in [6.07, 6.45) is 73.7. The van der Waals surface area contributed by atoms with E-state index < -0.39 is 6.10 Å². The molecule has 0 aliphatic rings. The fourth-order valence-electron chi connectivity index (χ4n) is 8.66. The minimum atomic E-state index is -0.779. The summed E-state index contributed by atoms with van der Waals surface area (Å²) in [7, 11) is 0. The van der Waals surface area contributed by atoms with Crippen LogP contribution in [0.1, 0.15) is 310 Å². The smallest absolute Gasteiger partial charge is 0.306 e. The molecule has 0 amide bonds. The van der Waals surface area contributed by atoms with Gasteiger partial charge in [-0.3, -0.25) is 14.4 Å². The van der Waals surface area contributed by atoms with Gasteiger partial charge in [0.15, 0.2) is 6.10 Å². The Bertz CT molecular complexity index is 1260. The van der Waals surface area contributed by atoms with Crippen molar-refractivity contribution in [3.05, 3.63) is 60.8 Å². The Hall–Kier alpha value is -2.89. The third-order valence-electron chi connectivity index (χ3n) is 13.2. The molecule has 0 aromatic rings. The molecule has 1 unspecified atom stereocenters. The molecule has 0 aliphatic carbocycles. The number of carbonyl (C=O) groups excluding carboxylic acids is 3. The highest BCUT2D eigenvalue weighted by Crippen LogP contribution is 2.16. The second kappa shape index (κ2) is 58.7. The van der Waals surface area contributed by atoms with Crippen LogP contribution >= 0.6 is 0 Å². The first-order valence-corrected chi connectivity index (χ1v) is 30.3. The first-order chi connectivity index (χ1) is 34.5. The molecule has 6 heteroatoms. The van der Waals surface area contributed by atoms with E-state index in [0.29, 0.717) is 19.3 Å². The summed E-state index contributed by atoms with van der Waals surface area (Å²) in [6, 6.07) is 0. The summed E-state index contributed by atoms with van der Waals surface area (Å²) in [6.45, 7) is 6.59. The first-order valence-electron chi connectivity index (χ1n) is 30.3. The number of esters is 3. The molecule has 0 radical (unpaired) electrons. The monoisotopic (exact) mass is 979 g/mol. The lowest BCUT2D eigenvalue weighted by Crippen LogP contribution is -2.30. The Labute approximate surface area is 434 Å². The van der Waals surface area contributed by atoms with Crippen LogP contribution in [0.15, 0.2) is 60.8 Å². The van der Waals surface area contributed by atoms with Gasteiger partial charge in [-0.15, -0.1) is 0 Å². The zero-order valence-electron chi connectivity index (χ0n) is 46.5. The molecule has 0 N–H and O–H groups in total. The van der Waals surface area contributed by atoms with Gasteiger partial charge in [0, 0.05) is 19.3 Å². The Morgan fingerprint density at radius 3 is 0.829 bits per heavy atom. The average molecular weight is 980 g/mol. The van der Waals surface area contributed by atoms with E-state index in [9.17, 15) is 14.4 Å². The highest BCUT2D eigenvalue weighted by Gasteiger charge is 2.19. The van der Waals surface area contributed by atoms with E-state index >= 15 is 0 Å². The molecule has 0 heterocycles. The third kappa shape index (κ3) is 56.0. The largest absolute Gasteiger partial charge is 0.462 e. The van der Waals surface area contributed by atoms with Crippen LogP contribution in [0.25, 0.3) is 0 Å². The molecule has 70 heavy (non-hydrogen) atoms. The van der Waals surface area contributed by atoms with Gasteiger partial charge in [-0.2, -0.15) is 0 Å². The van der Waals surface area contributed by atoms with Crippen molar-refractivity contribution in [2.45, 2.75) is 316 Å². The first kappa shape index (κ1) is 67.1. The molecule has 0 aromatic carbocycles. The summed E-state index contributed by atoms with van der Waals surface area (Å²) >= 11 is 0. The standard InChI is InChI=1S/C64H114O6/c1-4-7-10-13-16-19-21-23-25-27-29-30-31-32-33-34-36-37-39-41-43-45-48-51-54-57-63(66)69-60-61(59-68-62(65)56-53-50-47-18-15-12-9-6-3)70-64(67)58-55-52-49-46-44-42-40-38-35-28-26-24-22-20-17-14-11-8-5-2/h17,20-21,23-24,26-27,29,35,38,61H,4-16,18-19,22,25,28,30-34,36-37,39-60H2,1-3H3/b20-17-,23-21-,26-24-,29-27-,38-35-. The lowest BCUT2D eigenvalue weighted by Gasteiger charge is -2.18. The van der Waals surface area contributed by atoms with E-state index in [1.807, 2.05) is 0 Å². The van der Waals surface area contributed by atoms with Gasteiger partial charge >= 0.3 is 17.9 Å². The normalized spacial score (nSPS) is 12.4. The van der Waals surface area contributed by atoms with Crippen LogP contribution in [0.5, 0.6) is 0 Å². The number of hydrogen-bond acceptors (Lipinski definition) is 6. The van der Waals surface area contributed by atoms with Crippen molar-refractivity contribution in [2.24, 2.45) is 0 Å². The minimum Gasteiger partial charge on any atom is -0.462 e. The zero-order chi connectivity index (χ0) is 50.7. The number of unbranched alkanes of at least 4 members (excludes halogenated alkanes) is 34. The molecule has 0 rings (SSSR count). The number of ether oxygens (including phenoxy) is 3. The zero-order valence-corrected chi connectivity index (χ0v) is 46.5. The average Bonchev–Trinajstić information content (AvgIpc) is 3.36. The van der Waals surface area contributed by atoms with Crippen molar-refractivity contribution < 1.29 is 28.6 Å². The van der Waals surface area contributed by atoms with Crippen LogP contribution in [0.2, 0.25) is 0 Å². The summed E-state index contributed by atoms with van der Waals surface area (Å²) < 4.78 is 16.8. The maximum atomic E-state index is 12.8.